The first kappa shape index (κ1) is 20.7. The zero-order valence-corrected chi connectivity index (χ0v) is 17.8. The number of carbonyl (C=O) groups is 1. The number of nitrogens with zero attached hydrogens (tertiary/aromatic N) is 3. The molecule has 0 atom stereocenters. The Morgan fingerprint density at radius 1 is 1.32 bits per heavy atom. The second-order valence-corrected chi connectivity index (χ2v) is 9.88. The number of aromatic nitrogens is 1. The van der Waals surface area contributed by atoms with Crippen LogP contribution in [0.1, 0.15) is 22.6 Å². The summed E-state index contributed by atoms with van der Waals surface area (Å²) in [5.41, 5.74) is 1.92. The minimum atomic E-state index is -3.45. The highest BCUT2D eigenvalue weighted by atomic mass is 32.2. The van der Waals surface area contributed by atoms with Gasteiger partial charge in [-0.3, -0.25) is 4.79 Å². The summed E-state index contributed by atoms with van der Waals surface area (Å²) in [6, 6.07) is 7.62. The molecule has 2 aromatic rings. The molecule has 2 heterocycles. The van der Waals surface area contributed by atoms with Crippen molar-refractivity contribution < 1.29 is 17.9 Å². The summed E-state index contributed by atoms with van der Waals surface area (Å²) < 4.78 is 32.4. The topological polar surface area (TPSA) is 91.8 Å². The molecule has 0 fully saturated rings. The summed E-state index contributed by atoms with van der Waals surface area (Å²) in [6.45, 7) is 0.678. The minimum absolute atomic E-state index is 0.111. The lowest BCUT2D eigenvalue weighted by atomic mass is 10.1. The molecule has 10 heteroatoms. The maximum atomic E-state index is 12.3. The Balaban J connectivity index is 1.57. The summed E-state index contributed by atoms with van der Waals surface area (Å²) in [7, 11) is 1.20. The number of hydrogen-bond acceptors (Lipinski definition) is 6. The van der Waals surface area contributed by atoms with Crippen LogP contribution >= 0.6 is 11.3 Å². The predicted molar refractivity (Wildman–Crippen MR) is 109 cm³/mol. The molecule has 0 bridgehead atoms. The van der Waals surface area contributed by atoms with Crippen LogP contribution in [0.25, 0.3) is 0 Å². The van der Waals surface area contributed by atoms with E-state index in [0.29, 0.717) is 30.9 Å². The predicted octanol–water partition coefficient (Wildman–Crippen LogP) is 1.89. The van der Waals surface area contributed by atoms with Crippen molar-refractivity contribution in [2.45, 2.75) is 25.8 Å². The lowest BCUT2D eigenvalue weighted by molar-refractivity contribution is -0.116. The fourth-order valence-corrected chi connectivity index (χ4v) is 5.08. The average molecular weight is 425 g/mol. The second kappa shape index (κ2) is 8.56. The number of hydrogen-bond donors (Lipinski definition) is 1. The molecule has 0 unspecified atom stereocenters. The van der Waals surface area contributed by atoms with Crippen LogP contribution in [-0.4, -0.2) is 55.7 Å². The summed E-state index contributed by atoms with van der Waals surface area (Å²) in [5.74, 6) is 0.673. The van der Waals surface area contributed by atoms with Crippen LogP contribution in [0.4, 0.5) is 5.13 Å². The SMILES string of the molecule is COc1ccc(CCC(=O)Nc2nc3c(s2)CN(S(=O)(=O)N(C)C)CC3)cc1. The Morgan fingerprint density at radius 3 is 2.68 bits per heavy atom. The van der Waals surface area contributed by atoms with Crippen molar-refractivity contribution in [2.75, 3.05) is 33.1 Å². The molecule has 0 aliphatic carbocycles. The summed E-state index contributed by atoms with van der Waals surface area (Å²) >= 11 is 1.34. The number of amides is 1. The first-order chi connectivity index (χ1) is 13.3. The fourth-order valence-electron chi connectivity index (χ4n) is 2.89. The van der Waals surface area contributed by atoms with E-state index < -0.39 is 10.2 Å². The third-order valence-electron chi connectivity index (χ3n) is 4.53. The molecule has 1 amide bonds. The smallest absolute Gasteiger partial charge is 0.281 e. The van der Waals surface area contributed by atoms with Gasteiger partial charge in [0.05, 0.1) is 19.3 Å². The molecule has 8 nitrogen and oxygen atoms in total. The number of aryl methyl sites for hydroxylation is 1. The van der Waals surface area contributed by atoms with E-state index in [9.17, 15) is 13.2 Å². The van der Waals surface area contributed by atoms with Crippen LogP contribution in [0.2, 0.25) is 0 Å². The molecule has 0 saturated carbocycles. The van der Waals surface area contributed by atoms with Crippen molar-refractivity contribution >= 4 is 32.6 Å². The lowest BCUT2D eigenvalue weighted by Gasteiger charge is -2.27. The van der Waals surface area contributed by atoms with Gasteiger partial charge in [-0.2, -0.15) is 17.0 Å². The quantitative estimate of drug-likeness (QED) is 0.733. The first-order valence-electron chi connectivity index (χ1n) is 8.88. The molecule has 1 aliphatic heterocycles. The summed E-state index contributed by atoms with van der Waals surface area (Å²) in [5, 5.41) is 3.36. The molecule has 1 aromatic heterocycles. The number of fused-ring (bicyclic) bond motifs is 1. The minimum Gasteiger partial charge on any atom is -0.497 e. The number of methoxy groups -OCH3 is 1. The number of thiazole rings is 1. The molecule has 28 heavy (non-hydrogen) atoms. The molecule has 1 aliphatic rings. The Morgan fingerprint density at radius 2 is 2.04 bits per heavy atom. The van der Waals surface area contributed by atoms with E-state index in [1.807, 2.05) is 24.3 Å². The Bertz CT molecular complexity index is 939. The number of anilines is 1. The molecule has 1 aromatic carbocycles. The van der Waals surface area contributed by atoms with Crippen molar-refractivity contribution in [3.05, 3.63) is 40.4 Å². The molecule has 3 rings (SSSR count). The van der Waals surface area contributed by atoms with Crippen molar-refractivity contribution in [1.82, 2.24) is 13.6 Å². The van der Waals surface area contributed by atoms with E-state index in [4.69, 9.17) is 4.74 Å². The zero-order valence-electron chi connectivity index (χ0n) is 16.1. The Labute approximate surface area is 169 Å². The average Bonchev–Trinajstić information content (AvgIpc) is 3.07. The van der Waals surface area contributed by atoms with Crippen molar-refractivity contribution in [3.8, 4) is 5.75 Å². The van der Waals surface area contributed by atoms with E-state index in [-0.39, 0.29) is 12.5 Å². The van der Waals surface area contributed by atoms with Crippen molar-refractivity contribution in [3.63, 3.8) is 0 Å². The maximum Gasteiger partial charge on any atom is 0.281 e. The van der Waals surface area contributed by atoms with Gasteiger partial charge in [0.2, 0.25) is 5.91 Å². The zero-order chi connectivity index (χ0) is 20.3. The first-order valence-corrected chi connectivity index (χ1v) is 11.1. The number of ether oxygens (including phenoxy) is 1. The summed E-state index contributed by atoms with van der Waals surface area (Å²) in [4.78, 5) is 17.6. The third kappa shape index (κ3) is 4.69. The number of benzene rings is 1. The van der Waals surface area contributed by atoms with E-state index in [2.05, 4.69) is 10.3 Å². The van der Waals surface area contributed by atoms with Crippen LogP contribution < -0.4 is 10.1 Å². The van der Waals surface area contributed by atoms with Gasteiger partial charge in [0.15, 0.2) is 5.13 Å². The highest BCUT2D eigenvalue weighted by Crippen LogP contribution is 2.30. The van der Waals surface area contributed by atoms with Gasteiger partial charge in [-0.1, -0.05) is 12.1 Å². The van der Waals surface area contributed by atoms with E-state index in [0.717, 1.165) is 21.9 Å². The monoisotopic (exact) mass is 424 g/mol. The molecule has 0 saturated heterocycles. The summed E-state index contributed by atoms with van der Waals surface area (Å²) in [6.07, 6.45) is 1.51. The standard InChI is InChI=1S/C18H24N4O4S2/c1-21(2)28(24,25)22-11-10-15-16(12-22)27-18(19-15)20-17(23)9-6-13-4-7-14(26-3)8-5-13/h4-5,7-8H,6,9-12H2,1-3H3,(H,19,20,23). The van der Waals surface area contributed by atoms with Gasteiger partial charge in [0.25, 0.3) is 10.2 Å². The van der Waals surface area contributed by atoms with Gasteiger partial charge in [0, 0.05) is 38.4 Å². The maximum absolute atomic E-state index is 12.3. The van der Waals surface area contributed by atoms with Gasteiger partial charge in [0.1, 0.15) is 5.75 Å². The van der Waals surface area contributed by atoms with Crippen molar-refractivity contribution in [1.29, 1.82) is 0 Å². The van der Waals surface area contributed by atoms with Gasteiger partial charge < -0.3 is 10.1 Å². The number of nitrogens with one attached hydrogen (secondary N) is 1. The van der Waals surface area contributed by atoms with Crippen LogP contribution in [0.3, 0.4) is 0 Å². The molecule has 152 valence electrons. The molecular formula is C18H24N4O4S2. The number of rotatable bonds is 7. The highest BCUT2D eigenvalue weighted by molar-refractivity contribution is 7.86. The van der Waals surface area contributed by atoms with Crippen LogP contribution in [-0.2, 0) is 34.4 Å². The molecule has 1 N–H and O–H groups in total. The highest BCUT2D eigenvalue weighted by Gasteiger charge is 2.30. The molecular weight excluding hydrogens is 400 g/mol. The van der Waals surface area contributed by atoms with Crippen LogP contribution in [0, 0.1) is 0 Å². The third-order valence-corrected chi connectivity index (χ3v) is 7.42. The van der Waals surface area contributed by atoms with Gasteiger partial charge in [-0.15, -0.1) is 11.3 Å². The molecule has 0 spiro atoms. The largest absolute Gasteiger partial charge is 0.497 e. The Hall–Kier alpha value is -2.01. The normalized spacial score (nSPS) is 14.7. The fraction of sp³-hybridized carbons (Fsp3) is 0.444. The van der Waals surface area contributed by atoms with Gasteiger partial charge in [-0.25, -0.2) is 4.98 Å². The van der Waals surface area contributed by atoms with Gasteiger partial charge >= 0.3 is 0 Å². The van der Waals surface area contributed by atoms with E-state index in [1.54, 1.807) is 7.11 Å². The van der Waals surface area contributed by atoms with Crippen molar-refractivity contribution in [2.24, 2.45) is 0 Å². The van der Waals surface area contributed by atoms with E-state index in [1.165, 1.54) is 34.0 Å². The second-order valence-electron chi connectivity index (χ2n) is 6.66. The van der Waals surface area contributed by atoms with Gasteiger partial charge in [-0.05, 0) is 24.1 Å². The number of carbonyl (C=O) groups excluding carboxylic acids is 1. The van der Waals surface area contributed by atoms with Crippen LogP contribution in [0.5, 0.6) is 5.75 Å². The lowest BCUT2D eigenvalue weighted by Crippen LogP contribution is -2.42. The molecule has 0 radical (unpaired) electrons. The van der Waals surface area contributed by atoms with E-state index >= 15 is 0 Å². The van der Waals surface area contributed by atoms with Crippen LogP contribution in [0.15, 0.2) is 24.3 Å². The Kier molecular flexibility index (Phi) is 6.33.